The van der Waals surface area contributed by atoms with E-state index in [0.29, 0.717) is 16.8 Å². The summed E-state index contributed by atoms with van der Waals surface area (Å²) < 4.78 is 37.4. The fourth-order valence-electron chi connectivity index (χ4n) is 1.73. The summed E-state index contributed by atoms with van der Waals surface area (Å²) in [6.45, 7) is 0. The molecule has 27 heavy (non-hydrogen) atoms. The lowest BCUT2D eigenvalue weighted by Gasteiger charge is -2.01. The van der Waals surface area contributed by atoms with Crippen molar-refractivity contribution in [2.75, 3.05) is 6.26 Å². The largest absolute Gasteiger partial charge is 0.490 e. The van der Waals surface area contributed by atoms with E-state index in [9.17, 15) is 13.2 Å². The van der Waals surface area contributed by atoms with Crippen molar-refractivity contribution in [3.8, 4) is 22.9 Å². The molecule has 0 fully saturated rings. The highest BCUT2D eigenvalue weighted by Gasteiger charge is 2.38. The summed E-state index contributed by atoms with van der Waals surface area (Å²) in [5.41, 5.74) is 1.52. The number of nitrogens with zero attached hydrogens (tertiary/aromatic N) is 3. The van der Waals surface area contributed by atoms with Gasteiger partial charge in [-0.1, -0.05) is 11.6 Å². The van der Waals surface area contributed by atoms with Crippen LogP contribution in [0.3, 0.4) is 0 Å². The van der Waals surface area contributed by atoms with E-state index in [2.05, 4.69) is 15.2 Å². The second kappa shape index (κ2) is 8.87. The predicted octanol–water partition coefficient (Wildman–Crippen LogP) is 4.81. The lowest BCUT2D eigenvalue weighted by atomic mass is 10.2. The minimum Gasteiger partial charge on any atom is -0.475 e. The Balaban J connectivity index is 0.000000321. The third-order valence-electron chi connectivity index (χ3n) is 2.98. The number of thioether (sulfide) groups is 1. The molecule has 0 saturated heterocycles. The van der Waals surface area contributed by atoms with Crippen LogP contribution in [-0.4, -0.2) is 38.7 Å². The number of hydrogen-bond acceptors (Lipinski definition) is 6. The SMILES string of the molecule is CSc1ccc(Cl)c(-c2nnc(-c3cccnc3)o2)c1.O=C(O)C(F)(F)F. The summed E-state index contributed by atoms with van der Waals surface area (Å²) in [4.78, 5) is 14.0. The van der Waals surface area contributed by atoms with E-state index in [1.807, 2.05) is 36.6 Å². The molecule has 0 radical (unpaired) electrons. The first-order valence-corrected chi connectivity index (χ1v) is 8.70. The lowest BCUT2D eigenvalue weighted by Crippen LogP contribution is -2.21. The number of aromatic nitrogens is 3. The van der Waals surface area contributed by atoms with Crippen LogP contribution in [0.15, 0.2) is 52.0 Å². The van der Waals surface area contributed by atoms with Crippen molar-refractivity contribution in [3.05, 3.63) is 47.7 Å². The molecule has 0 bridgehead atoms. The Bertz CT molecular complexity index is 920. The van der Waals surface area contributed by atoms with Crippen LogP contribution in [0.1, 0.15) is 0 Å². The zero-order valence-electron chi connectivity index (χ0n) is 13.6. The van der Waals surface area contributed by atoms with Crippen LogP contribution in [0.5, 0.6) is 0 Å². The van der Waals surface area contributed by atoms with Crippen molar-refractivity contribution in [1.29, 1.82) is 0 Å². The molecule has 142 valence electrons. The Hall–Kier alpha value is -2.59. The highest BCUT2D eigenvalue weighted by Crippen LogP contribution is 2.32. The standard InChI is InChI=1S/C14H10ClN3OS.C2HF3O2/c1-20-10-4-5-12(15)11(7-10)14-18-17-13(19-14)9-3-2-6-16-8-9;3-2(4,5)1(6)7/h2-8H,1H3;(H,6,7). The first kappa shape index (κ1) is 20.7. The Morgan fingerprint density at radius 2 is 1.89 bits per heavy atom. The zero-order valence-corrected chi connectivity index (χ0v) is 15.1. The van der Waals surface area contributed by atoms with Gasteiger partial charge in [-0.05, 0) is 36.6 Å². The molecule has 0 aliphatic rings. The molecular formula is C16H11ClF3N3O3S. The van der Waals surface area contributed by atoms with Gasteiger partial charge in [0.2, 0.25) is 11.8 Å². The molecule has 0 spiro atoms. The van der Waals surface area contributed by atoms with Crippen LogP contribution in [0.25, 0.3) is 22.9 Å². The van der Waals surface area contributed by atoms with Crippen molar-refractivity contribution in [2.45, 2.75) is 11.1 Å². The number of benzene rings is 1. The van der Waals surface area contributed by atoms with E-state index in [1.165, 1.54) is 0 Å². The number of alkyl halides is 3. The molecule has 11 heteroatoms. The quantitative estimate of drug-likeness (QED) is 0.612. The first-order valence-electron chi connectivity index (χ1n) is 7.10. The molecule has 6 nitrogen and oxygen atoms in total. The third kappa shape index (κ3) is 5.69. The van der Waals surface area contributed by atoms with Crippen LogP contribution in [-0.2, 0) is 4.79 Å². The molecule has 3 rings (SSSR count). The zero-order chi connectivity index (χ0) is 20.0. The number of rotatable bonds is 3. The number of aliphatic carboxylic acids is 1. The molecule has 0 unspecified atom stereocenters. The second-order valence-corrected chi connectivity index (χ2v) is 6.09. The van der Waals surface area contributed by atoms with Crippen LogP contribution in [0.2, 0.25) is 5.02 Å². The monoisotopic (exact) mass is 417 g/mol. The van der Waals surface area contributed by atoms with E-state index >= 15 is 0 Å². The van der Waals surface area contributed by atoms with E-state index in [-0.39, 0.29) is 0 Å². The second-order valence-electron chi connectivity index (χ2n) is 4.80. The maximum atomic E-state index is 10.6. The molecule has 0 aliphatic carbocycles. The van der Waals surface area contributed by atoms with Crippen molar-refractivity contribution in [3.63, 3.8) is 0 Å². The predicted molar refractivity (Wildman–Crippen MR) is 93.4 cm³/mol. The number of hydrogen-bond donors (Lipinski definition) is 1. The van der Waals surface area contributed by atoms with Gasteiger partial charge in [0.25, 0.3) is 0 Å². The number of carboxylic acids is 1. The Kier molecular flexibility index (Phi) is 6.81. The summed E-state index contributed by atoms with van der Waals surface area (Å²) in [5.74, 6) is -1.92. The normalized spacial score (nSPS) is 10.9. The Morgan fingerprint density at radius 3 is 2.44 bits per heavy atom. The van der Waals surface area contributed by atoms with Crippen molar-refractivity contribution >= 4 is 29.3 Å². The average molecular weight is 418 g/mol. The van der Waals surface area contributed by atoms with E-state index in [0.717, 1.165) is 16.0 Å². The van der Waals surface area contributed by atoms with Crippen molar-refractivity contribution < 1.29 is 27.5 Å². The maximum Gasteiger partial charge on any atom is 0.490 e. The van der Waals surface area contributed by atoms with E-state index in [4.69, 9.17) is 25.9 Å². The van der Waals surface area contributed by atoms with Crippen LogP contribution < -0.4 is 0 Å². The number of carbonyl (C=O) groups is 1. The molecule has 0 aliphatic heterocycles. The molecule has 1 N–H and O–H groups in total. The summed E-state index contributed by atoms with van der Waals surface area (Å²) >= 11 is 7.82. The average Bonchev–Trinajstić information content (AvgIpc) is 3.12. The molecule has 0 atom stereocenters. The van der Waals surface area contributed by atoms with Crippen LogP contribution in [0, 0.1) is 0 Å². The molecule has 3 aromatic rings. The molecule has 1 aromatic carbocycles. The Labute approximate surface area is 160 Å². The molecule has 2 aromatic heterocycles. The fraction of sp³-hybridized carbons (Fsp3) is 0.125. The Morgan fingerprint density at radius 1 is 1.22 bits per heavy atom. The van der Waals surface area contributed by atoms with Crippen molar-refractivity contribution in [1.82, 2.24) is 15.2 Å². The minimum absolute atomic E-state index is 0.407. The fourth-order valence-corrected chi connectivity index (χ4v) is 2.37. The lowest BCUT2D eigenvalue weighted by molar-refractivity contribution is -0.192. The van der Waals surface area contributed by atoms with Gasteiger partial charge in [-0.2, -0.15) is 13.2 Å². The molecular weight excluding hydrogens is 407 g/mol. The summed E-state index contributed by atoms with van der Waals surface area (Å²) in [6, 6.07) is 9.41. The number of halogens is 4. The van der Waals surface area contributed by atoms with Gasteiger partial charge in [-0.15, -0.1) is 22.0 Å². The summed E-state index contributed by atoms with van der Waals surface area (Å²) in [5, 5.41) is 15.8. The van der Waals surface area contributed by atoms with Gasteiger partial charge in [0, 0.05) is 17.3 Å². The van der Waals surface area contributed by atoms with Gasteiger partial charge in [0.15, 0.2) is 0 Å². The van der Waals surface area contributed by atoms with Gasteiger partial charge in [0.1, 0.15) is 0 Å². The number of pyridine rings is 1. The summed E-state index contributed by atoms with van der Waals surface area (Å²) in [6.07, 6.45) is 0.290. The topological polar surface area (TPSA) is 89.1 Å². The maximum absolute atomic E-state index is 10.6. The van der Waals surface area contributed by atoms with Crippen LogP contribution in [0.4, 0.5) is 13.2 Å². The van der Waals surface area contributed by atoms with Gasteiger partial charge in [0.05, 0.1) is 16.1 Å². The van der Waals surface area contributed by atoms with Gasteiger partial charge in [-0.3, -0.25) is 4.98 Å². The smallest absolute Gasteiger partial charge is 0.475 e. The number of carboxylic acid groups (broad SMARTS) is 1. The van der Waals surface area contributed by atoms with E-state index < -0.39 is 12.1 Å². The molecule has 0 saturated carbocycles. The molecule has 0 amide bonds. The van der Waals surface area contributed by atoms with Gasteiger partial charge >= 0.3 is 12.1 Å². The van der Waals surface area contributed by atoms with Crippen LogP contribution >= 0.6 is 23.4 Å². The first-order chi connectivity index (χ1) is 12.7. The highest BCUT2D eigenvalue weighted by atomic mass is 35.5. The van der Waals surface area contributed by atoms with Gasteiger partial charge in [-0.25, -0.2) is 4.79 Å². The van der Waals surface area contributed by atoms with E-state index in [1.54, 1.807) is 24.2 Å². The van der Waals surface area contributed by atoms with Gasteiger partial charge < -0.3 is 9.52 Å². The molecule has 2 heterocycles. The summed E-state index contributed by atoms with van der Waals surface area (Å²) in [7, 11) is 0. The third-order valence-corrected chi connectivity index (χ3v) is 4.03. The minimum atomic E-state index is -5.08. The highest BCUT2D eigenvalue weighted by molar-refractivity contribution is 7.98. The van der Waals surface area contributed by atoms with Crippen molar-refractivity contribution in [2.24, 2.45) is 0 Å².